The predicted octanol–water partition coefficient (Wildman–Crippen LogP) is 15.7. The minimum atomic E-state index is -3.06. The van der Waals surface area contributed by atoms with Crippen LogP contribution in [0, 0.1) is 0 Å². The van der Waals surface area contributed by atoms with Crippen LogP contribution in [0.1, 0.15) is 52.7 Å². The van der Waals surface area contributed by atoms with Gasteiger partial charge in [0.25, 0.3) is 0 Å². The first kappa shape index (κ1) is 44.4. The van der Waals surface area contributed by atoms with Gasteiger partial charge in [-0.05, 0) is 118 Å². The zero-order chi connectivity index (χ0) is 46.5. The van der Waals surface area contributed by atoms with Crippen molar-refractivity contribution in [3.8, 4) is 22.3 Å². The summed E-state index contributed by atoms with van der Waals surface area (Å²) in [4.78, 5) is 4.83. The van der Waals surface area contributed by atoms with E-state index in [0.29, 0.717) is 5.02 Å². The maximum absolute atomic E-state index is 7.47. The summed E-state index contributed by atoms with van der Waals surface area (Å²) in [6.07, 6.45) is 0. The highest BCUT2D eigenvalue weighted by Crippen LogP contribution is 2.51. The molecular weight excluding hydrogens is 916 g/mol. The molecule has 0 N–H and O–H groups in total. The number of fused-ring (bicyclic) bond motifs is 6. The van der Waals surface area contributed by atoms with Crippen LogP contribution in [0.3, 0.4) is 0 Å². The highest BCUT2D eigenvalue weighted by molar-refractivity contribution is 9.10. The van der Waals surface area contributed by atoms with E-state index in [2.05, 4.69) is 286 Å². The van der Waals surface area contributed by atoms with Gasteiger partial charge in [0.05, 0.1) is 27.2 Å². The molecule has 0 aromatic heterocycles. The summed E-state index contributed by atoms with van der Waals surface area (Å²) in [5.41, 5.74) is 13.2. The van der Waals surface area contributed by atoms with Crippen molar-refractivity contribution in [2.75, 3.05) is 9.80 Å². The standard InChI is InChI=1S/C62H54BrClN2Si/c1-61(2,3)45-35-31-43(32-36-45)54-27-13-15-29-56(54)65-48-19-17-25-52(41-48)67(50-21-9-7-10-22-50,51-23-11-8-12-24-51)53-26-18-20-49(42-53)66(59-40-47(64)39-58(65)60(59)63)57-30-16-14-28-55(57)44-33-37-46(38-34-44)62(4,5)6/h7-42H,1-6H3. The Labute approximate surface area is 411 Å². The van der Waals surface area contributed by atoms with Crippen LogP contribution in [0.2, 0.25) is 5.02 Å². The van der Waals surface area contributed by atoms with Gasteiger partial charge < -0.3 is 9.80 Å². The quantitative estimate of drug-likeness (QED) is 0.153. The van der Waals surface area contributed by atoms with Crippen molar-refractivity contribution in [3.63, 3.8) is 0 Å². The lowest BCUT2D eigenvalue weighted by atomic mass is 9.86. The number of benzene rings is 9. The number of rotatable bonds is 6. The lowest BCUT2D eigenvalue weighted by Crippen LogP contribution is -2.74. The Morgan fingerprint density at radius 1 is 0.373 bits per heavy atom. The molecule has 0 fully saturated rings. The summed E-state index contributed by atoms with van der Waals surface area (Å²) in [7, 11) is -3.06. The van der Waals surface area contributed by atoms with Gasteiger partial charge in [0.2, 0.25) is 0 Å². The lowest BCUT2D eigenvalue weighted by molar-refractivity contribution is 0.590. The maximum Gasteiger partial charge on any atom is 0.179 e. The number of hydrogen-bond donors (Lipinski definition) is 0. The minimum Gasteiger partial charge on any atom is -0.309 e. The molecule has 0 aliphatic carbocycles. The Morgan fingerprint density at radius 2 is 0.731 bits per heavy atom. The molecule has 1 aliphatic rings. The average molecular weight is 971 g/mol. The molecule has 330 valence electrons. The highest BCUT2D eigenvalue weighted by Gasteiger charge is 2.43. The molecule has 0 saturated carbocycles. The van der Waals surface area contributed by atoms with E-state index in [1.165, 1.54) is 31.9 Å². The summed E-state index contributed by atoms with van der Waals surface area (Å²) in [6, 6.07) is 80.9. The van der Waals surface area contributed by atoms with E-state index in [1.807, 2.05) is 0 Å². The summed E-state index contributed by atoms with van der Waals surface area (Å²) in [6.45, 7) is 13.6. The second-order valence-electron chi connectivity index (χ2n) is 19.7. The van der Waals surface area contributed by atoms with Crippen molar-refractivity contribution in [3.05, 3.63) is 239 Å². The maximum atomic E-state index is 7.47. The molecule has 5 heteroatoms. The molecule has 10 rings (SSSR count). The zero-order valence-electron chi connectivity index (χ0n) is 38.9. The van der Waals surface area contributed by atoms with E-state index in [9.17, 15) is 0 Å². The fourth-order valence-corrected chi connectivity index (χ4v) is 15.6. The lowest BCUT2D eigenvalue weighted by Gasteiger charge is -2.38. The van der Waals surface area contributed by atoms with Crippen LogP contribution in [-0.4, -0.2) is 8.07 Å². The van der Waals surface area contributed by atoms with Crippen molar-refractivity contribution in [1.82, 2.24) is 0 Å². The van der Waals surface area contributed by atoms with Gasteiger partial charge in [0, 0.05) is 27.5 Å². The van der Waals surface area contributed by atoms with Gasteiger partial charge in [-0.3, -0.25) is 0 Å². The molecule has 0 saturated heterocycles. The van der Waals surface area contributed by atoms with Gasteiger partial charge in [0.15, 0.2) is 8.07 Å². The van der Waals surface area contributed by atoms with Gasteiger partial charge in [-0.1, -0.05) is 223 Å². The van der Waals surface area contributed by atoms with Crippen LogP contribution in [0.4, 0.5) is 34.1 Å². The van der Waals surface area contributed by atoms with Gasteiger partial charge in [-0.15, -0.1) is 0 Å². The molecule has 0 radical (unpaired) electrons. The fourth-order valence-electron chi connectivity index (χ4n) is 9.96. The van der Waals surface area contributed by atoms with Crippen molar-refractivity contribution in [1.29, 1.82) is 0 Å². The van der Waals surface area contributed by atoms with E-state index in [1.54, 1.807) is 0 Å². The van der Waals surface area contributed by atoms with Crippen LogP contribution < -0.4 is 30.5 Å². The molecule has 1 aliphatic heterocycles. The molecule has 6 bridgehead atoms. The van der Waals surface area contributed by atoms with Crippen molar-refractivity contribution in [2.45, 2.75) is 52.4 Å². The van der Waals surface area contributed by atoms with Gasteiger partial charge in [-0.2, -0.15) is 0 Å². The first-order valence-corrected chi connectivity index (χ1v) is 26.3. The third-order valence-corrected chi connectivity index (χ3v) is 19.2. The number of hydrogen-bond acceptors (Lipinski definition) is 2. The Balaban J connectivity index is 1.33. The highest BCUT2D eigenvalue weighted by atomic mass is 79.9. The molecular formula is C62H54BrClN2Si. The van der Waals surface area contributed by atoms with Crippen molar-refractivity contribution in [2.24, 2.45) is 0 Å². The van der Waals surface area contributed by atoms with E-state index in [0.717, 1.165) is 60.9 Å². The molecule has 0 spiro atoms. The first-order chi connectivity index (χ1) is 32.3. The van der Waals surface area contributed by atoms with Crippen LogP contribution in [0.25, 0.3) is 22.3 Å². The molecule has 1 heterocycles. The summed E-state index contributed by atoms with van der Waals surface area (Å²) in [5, 5.41) is 5.81. The van der Waals surface area contributed by atoms with Crippen molar-refractivity contribution < 1.29 is 0 Å². The Bertz CT molecular complexity index is 3010. The molecule has 9 aromatic carbocycles. The molecule has 0 amide bonds. The smallest absolute Gasteiger partial charge is 0.179 e. The largest absolute Gasteiger partial charge is 0.309 e. The normalized spacial score (nSPS) is 13.4. The Morgan fingerprint density at radius 3 is 1.12 bits per heavy atom. The molecule has 67 heavy (non-hydrogen) atoms. The minimum absolute atomic E-state index is 0.0319. The van der Waals surface area contributed by atoms with Gasteiger partial charge in [-0.25, -0.2) is 0 Å². The predicted molar refractivity (Wildman–Crippen MR) is 294 cm³/mol. The van der Waals surface area contributed by atoms with Crippen LogP contribution in [-0.2, 0) is 10.8 Å². The van der Waals surface area contributed by atoms with Crippen molar-refractivity contribution >= 4 is 90.5 Å². The molecule has 0 unspecified atom stereocenters. The first-order valence-electron chi connectivity index (χ1n) is 23.1. The third kappa shape index (κ3) is 8.16. The topological polar surface area (TPSA) is 6.48 Å². The van der Waals surface area contributed by atoms with Crippen LogP contribution >= 0.6 is 27.5 Å². The summed E-state index contributed by atoms with van der Waals surface area (Å²) >= 11 is 11.8. The van der Waals surface area contributed by atoms with E-state index in [4.69, 9.17) is 11.6 Å². The van der Waals surface area contributed by atoms with Gasteiger partial charge in [0.1, 0.15) is 0 Å². The van der Waals surface area contributed by atoms with Gasteiger partial charge >= 0.3 is 0 Å². The Hall–Kier alpha value is -6.43. The molecule has 2 nitrogen and oxygen atoms in total. The monoisotopic (exact) mass is 968 g/mol. The summed E-state index contributed by atoms with van der Waals surface area (Å²) < 4.78 is 0.915. The van der Waals surface area contributed by atoms with E-state index in [-0.39, 0.29) is 10.8 Å². The molecule has 0 atom stereocenters. The molecule has 9 aromatic rings. The number of para-hydroxylation sites is 2. The number of nitrogens with zero attached hydrogens (tertiary/aromatic N) is 2. The SMILES string of the molecule is CC(C)(C)c1ccc(-c2ccccc2N2c3cccc(c3)[Si](c3ccccc3)(c3ccccc3)c3cccc(c3)N(c3ccccc3-c3ccc(C(C)(C)C)cc3)c3cc(Cl)cc2c3Br)cc1. The van der Waals surface area contributed by atoms with Crippen LogP contribution in [0.5, 0.6) is 0 Å². The second kappa shape index (κ2) is 17.7. The number of halogens is 2. The average Bonchev–Trinajstić information content (AvgIpc) is 3.34. The van der Waals surface area contributed by atoms with E-state index < -0.39 is 8.07 Å². The third-order valence-electron chi connectivity index (χ3n) is 13.4. The summed E-state index contributed by atoms with van der Waals surface area (Å²) in [5.74, 6) is 0. The zero-order valence-corrected chi connectivity index (χ0v) is 42.3. The van der Waals surface area contributed by atoms with Crippen LogP contribution in [0.15, 0.2) is 223 Å². The fraction of sp³-hybridized carbons (Fsp3) is 0.129. The van der Waals surface area contributed by atoms with E-state index >= 15 is 0 Å². The number of anilines is 6. The Kier molecular flexibility index (Phi) is 11.7. The second-order valence-corrected chi connectivity index (χ2v) is 24.7.